The summed E-state index contributed by atoms with van der Waals surface area (Å²) in [5.41, 5.74) is 0.943. The number of ether oxygens (including phenoxy) is 5. The number of benzene rings is 2. The van der Waals surface area contributed by atoms with Crippen LogP contribution in [0.2, 0.25) is 0 Å². The van der Waals surface area contributed by atoms with E-state index in [1.54, 1.807) is 33.5 Å². The van der Waals surface area contributed by atoms with Crippen LogP contribution in [0.15, 0.2) is 35.2 Å². The Hall–Kier alpha value is -2.69. The fraction of sp³-hybridized carbons (Fsp3) is 0.455. The summed E-state index contributed by atoms with van der Waals surface area (Å²) in [6.45, 7) is 2.49. The van der Waals surface area contributed by atoms with E-state index in [1.807, 2.05) is 12.1 Å². The Kier molecular flexibility index (Phi) is 7.70. The van der Waals surface area contributed by atoms with Crippen molar-refractivity contribution in [3.8, 4) is 28.7 Å². The van der Waals surface area contributed by atoms with E-state index in [1.165, 1.54) is 24.6 Å². The molecule has 0 amide bonds. The highest BCUT2D eigenvalue weighted by molar-refractivity contribution is 7.89. The molecule has 1 aliphatic rings. The van der Waals surface area contributed by atoms with Crippen LogP contribution in [0.3, 0.4) is 0 Å². The van der Waals surface area contributed by atoms with Crippen LogP contribution in [0.25, 0.3) is 0 Å². The van der Waals surface area contributed by atoms with E-state index in [4.69, 9.17) is 23.7 Å². The summed E-state index contributed by atoms with van der Waals surface area (Å²) in [6.07, 6.45) is 0. The average Bonchev–Trinajstić information content (AvgIpc) is 2.83. The number of hydrogen-bond acceptors (Lipinski definition) is 8. The number of nitrogens with zero attached hydrogens (tertiary/aromatic N) is 2. The van der Waals surface area contributed by atoms with Crippen molar-refractivity contribution in [1.29, 1.82) is 0 Å². The van der Waals surface area contributed by atoms with Gasteiger partial charge in [0, 0.05) is 44.4 Å². The third-order valence-corrected chi connectivity index (χ3v) is 7.44. The summed E-state index contributed by atoms with van der Waals surface area (Å²) >= 11 is 0. The predicted molar refractivity (Wildman–Crippen MR) is 120 cm³/mol. The summed E-state index contributed by atoms with van der Waals surface area (Å²) in [5, 5.41) is 0. The summed E-state index contributed by atoms with van der Waals surface area (Å²) in [7, 11) is 4.02. The first-order valence-electron chi connectivity index (χ1n) is 10.1. The molecule has 2 aromatic carbocycles. The summed E-state index contributed by atoms with van der Waals surface area (Å²) < 4.78 is 54.8. The lowest BCUT2D eigenvalue weighted by atomic mass is 10.1. The van der Waals surface area contributed by atoms with Crippen molar-refractivity contribution >= 4 is 10.0 Å². The van der Waals surface area contributed by atoms with Gasteiger partial charge in [-0.05, 0) is 18.2 Å². The average molecular weight is 467 g/mol. The molecule has 0 spiro atoms. The molecule has 1 heterocycles. The third-order valence-electron chi connectivity index (χ3n) is 5.50. The predicted octanol–water partition coefficient (Wildman–Crippen LogP) is 2.24. The molecular weight excluding hydrogens is 436 g/mol. The van der Waals surface area contributed by atoms with Crippen LogP contribution < -0.4 is 23.7 Å². The SMILES string of the molecule is COc1ccc(S(=O)(=O)N2CCN(Cc3ccc(OC)c(OC)c3OC)CC2)c(OC)c1. The third kappa shape index (κ3) is 4.72. The molecule has 0 atom stereocenters. The molecule has 1 saturated heterocycles. The molecule has 0 N–H and O–H groups in total. The fourth-order valence-electron chi connectivity index (χ4n) is 3.78. The van der Waals surface area contributed by atoms with Crippen molar-refractivity contribution in [3.05, 3.63) is 35.9 Å². The highest BCUT2D eigenvalue weighted by Crippen LogP contribution is 2.40. The Morgan fingerprint density at radius 3 is 1.97 bits per heavy atom. The first-order chi connectivity index (χ1) is 15.4. The Morgan fingerprint density at radius 1 is 0.750 bits per heavy atom. The smallest absolute Gasteiger partial charge is 0.246 e. The van der Waals surface area contributed by atoms with Crippen LogP contribution in [0, 0.1) is 0 Å². The lowest BCUT2D eigenvalue weighted by molar-refractivity contribution is 0.179. The van der Waals surface area contributed by atoms with E-state index < -0.39 is 10.0 Å². The van der Waals surface area contributed by atoms with E-state index in [0.717, 1.165) is 5.56 Å². The molecule has 1 fully saturated rings. The minimum atomic E-state index is -3.69. The van der Waals surface area contributed by atoms with Crippen molar-refractivity contribution in [1.82, 2.24) is 9.21 Å². The van der Waals surface area contributed by atoms with Crippen LogP contribution in [-0.2, 0) is 16.6 Å². The Morgan fingerprint density at radius 2 is 1.41 bits per heavy atom. The minimum absolute atomic E-state index is 0.135. The van der Waals surface area contributed by atoms with Crippen molar-refractivity contribution in [2.75, 3.05) is 61.7 Å². The maximum absolute atomic E-state index is 13.2. The molecule has 32 heavy (non-hydrogen) atoms. The lowest BCUT2D eigenvalue weighted by Gasteiger charge is -2.34. The largest absolute Gasteiger partial charge is 0.497 e. The highest BCUT2D eigenvalue weighted by atomic mass is 32.2. The zero-order chi connectivity index (χ0) is 23.3. The van der Waals surface area contributed by atoms with Gasteiger partial charge in [0.2, 0.25) is 15.8 Å². The molecule has 0 aliphatic carbocycles. The van der Waals surface area contributed by atoms with Gasteiger partial charge in [0.15, 0.2) is 11.5 Å². The van der Waals surface area contributed by atoms with Gasteiger partial charge >= 0.3 is 0 Å². The van der Waals surface area contributed by atoms with Crippen molar-refractivity contribution < 1.29 is 32.1 Å². The molecule has 0 unspecified atom stereocenters. The van der Waals surface area contributed by atoms with E-state index >= 15 is 0 Å². The normalized spacial score (nSPS) is 15.3. The maximum atomic E-state index is 13.2. The van der Waals surface area contributed by atoms with Crippen LogP contribution in [0.5, 0.6) is 28.7 Å². The second kappa shape index (κ2) is 10.3. The molecule has 3 rings (SSSR count). The monoisotopic (exact) mass is 466 g/mol. The zero-order valence-corrected chi connectivity index (χ0v) is 19.9. The first-order valence-corrected chi connectivity index (χ1v) is 11.6. The van der Waals surface area contributed by atoms with Gasteiger partial charge in [0.25, 0.3) is 0 Å². The first kappa shape index (κ1) is 24.0. The topological polar surface area (TPSA) is 86.8 Å². The van der Waals surface area contributed by atoms with Crippen LogP contribution in [0.4, 0.5) is 0 Å². The molecule has 0 saturated carbocycles. The molecule has 2 aromatic rings. The van der Waals surface area contributed by atoms with Crippen molar-refractivity contribution in [3.63, 3.8) is 0 Å². The lowest BCUT2D eigenvalue weighted by Crippen LogP contribution is -2.48. The summed E-state index contributed by atoms with van der Waals surface area (Å²) in [5.74, 6) is 2.55. The maximum Gasteiger partial charge on any atom is 0.246 e. The second-order valence-corrected chi connectivity index (χ2v) is 9.10. The van der Waals surface area contributed by atoms with E-state index in [0.29, 0.717) is 55.7 Å². The summed E-state index contributed by atoms with van der Waals surface area (Å²) in [4.78, 5) is 2.32. The van der Waals surface area contributed by atoms with Gasteiger partial charge in [-0.15, -0.1) is 0 Å². The number of rotatable bonds is 9. The Bertz CT molecular complexity index is 1030. The molecule has 9 nitrogen and oxygen atoms in total. The van der Waals surface area contributed by atoms with Gasteiger partial charge in [0.05, 0.1) is 35.5 Å². The minimum Gasteiger partial charge on any atom is -0.497 e. The molecule has 0 aromatic heterocycles. The van der Waals surface area contributed by atoms with Crippen LogP contribution in [0.1, 0.15) is 5.56 Å². The van der Waals surface area contributed by atoms with E-state index in [-0.39, 0.29) is 10.6 Å². The number of hydrogen-bond donors (Lipinski definition) is 0. The van der Waals surface area contributed by atoms with E-state index in [9.17, 15) is 8.42 Å². The standard InChI is InChI=1S/C22H30N2O7S/c1-27-17-7-9-20(19(14-17)29-3)32(25,26)24-12-10-23(11-13-24)15-16-6-8-18(28-2)22(31-5)21(16)30-4/h6-9,14H,10-13,15H2,1-5H3. The van der Waals surface area contributed by atoms with Crippen molar-refractivity contribution in [2.45, 2.75) is 11.4 Å². The van der Waals surface area contributed by atoms with Gasteiger partial charge in [-0.2, -0.15) is 4.31 Å². The molecular formula is C22H30N2O7S. The van der Waals surface area contributed by atoms with Gasteiger partial charge in [-0.25, -0.2) is 8.42 Å². The molecule has 0 radical (unpaired) electrons. The van der Waals surface area contributed by atoms with E-state index in [2.05, 4.69) is 4.90 Å². The molecule has 0 bridgehead atoms. The van der Waals surface area contributed by atoms with Gasteiger partial charge in [0.1, 0.15) is 16.4 Å². The number of piperazine rings is 1. The number of methoxy groups -OCH3 is 5. The Labute approximate surface area is 189 Å². The fourth-order valence-corrected chi connectivity index (χ4v) is 5.34. The van der Waals surface area contributed by atoms with Crippen LogP contribution in [-0.4, -0.2) is 79.4 Å². The molecule has 1 aliphatic heterocycles. The second-order valence-electron chi connectivity index (χ2n) is 7.19. The van der Waals surface area contributed by atoms with Gasteiger partial charge < -0.3 is 23.7 Å². The van der Waals surface area contributed by atoms with Crippen molar-refractivity contribution in [2.24, 2.45) is 0 Å². The summed E-state index contributed by atoms with van der Waals surface area (Å²) in [6, 6.07) is 8.49. The molecule has 176 valence electrons. The van der Waals surface area contributed by atoms with Gasteiger partial charge in [-0.1, -0.05) is 6.07 Å². The van der Waals surface area contributed by atoms with Gasteiger partial charge in [-0.3, -0.25) is 4.90 Å². The molecule has 10 heteroatoms. The van der Waals surface area contributed by atoms with Crippen LogP contribution >= 0.6 is 0 Å². The zero-order valence-electron chi connectivity index (χ0n) is 19.1. The number of sulfonamides is 1. The quantitative estimate of drug-likeness (QED) is 0.556. The Balaban J connectivity index is 1.73. The highest BCUT2D eigenvalue weighted by Gasteiger charge is 2.31.